The van der Waals surface area contributed by atoms with Gasteiger partial charge in [-0.25, -0.2) is 0 Å². The molecule has 0 radical (unpaired) electrons. The van der Waals surface area contributed by atoms with E-state index >= 15 is 0 Å². The van der Waals surface area contributed by atoms with E-state index in [2.05, 4.69) is 31.4 Å². The van der Waals surface area contributed by atoms with Crippen molar-refractivity contribution in [3.63, 3.8) is 0 Å². The predicted molar refractivity (Wildman–Crippen MR) is 164 cm³/mol. The van der Waals surface area contributed by atoms with Crippen molar-refractivity contribution in [1.29, 1.82) is 0 Å². The fourth-order valence-electron chi connectivity index (χ4n) is 5.00. The third kappa shape index (κ3) is 8.18. The first kappa shape index (κ1) is 30.2. The molecule has 2 aromatic carbocycles. The van der Waals surface area contributed by atoms with E-state index in [9.17, 15) is 19.2 Å². The summed E-state index contributed by atoms with van der Waals surface area (Å²) in [6, 6.07) is 19.2. The van der Waals surface area contributed by atoms with Gasteiger partial charge in [-0.15, -0.1) is 0 Å². The molecule has 0 fully saturated rings. The van der Waals surface area contributed by atoms with Crippen LogP contribution in [0.2, 0.25) is 0 Å². The van der Waals surface area contributed by atoms with Gasteiger partial charge in [0.2, 0.25) is 17.7 Å². The molecule has 0 spiro atoms. The number of anilines is 1. The zero-order chi connectivity index (χ0) is 30.7. The fraction of sp³-hybridized carbons (Fsp3) is 0.312. The number of nitrogens with one attached hydrogen (secondary N) is 4. The Morgan fingerprint density at radius 3 is 2.57 bits per heavy atom. The van der Waals surface area contributed by atoms with E-state index in [4.69, 9.17) is 4.52 Å². The van der Waals surface area contributed by atoms with Crippen molar-refractivity contribution in [2.45, 2.75) is 31.7 Å². The molecule has 2 aromatic heterocycles. The summed E-state index contributed by atoms with van der Waals surface area (Å²) >= 11 is 0. The molecule has 44 heavy (non-hydrogen) atoms. The van der Waals surface area contributed by atoms with Crippen molar-refractivity contribution >= 4 is 40.3 Å². The fourth-order valence-corrected chi connectivity index (χ4v) is 5.00. The number of para-hydroxylation sites is 1. The van der Waals surface area contributed by atoms with Crippen molar-refractivity contribution in [3.8, 4) is 0 Å². The number of carbonyl (C=O) groups excluding carboxylic acids is 4. The standard InChI is InChI=1S/C32H35N7O5/c40-29-11-6-17-39(30(41)21-25-24-9-4-5-10-28(24)44-38-25)18-16-36-31(42)27(19-22-7-2-1-3-8-22)37-32(43)26-20-23(12-13-34-26)33-14-15-35-29/h1-5,7-10,12-13,20,27,33H,6,11,14-19,21H2,(H,35,40)(H,36,42)(H,37,43)/t27-/m0/s1. The van der Waals surface area contributed by atoms with E-state index in [0.29, 0.717) is 43.0 Å². The number of hydrogen-bond donors (Lipinski definition) is 4. The molecular formula is C32H35N7O5. The highest BCUT2D eigenvalue weighted by Crippen LogP contribution is 2.19. The number of fused-ring (bicyclic) bond motifs is 3. The highest BCUT2D eigenvalue weighted by molar-refractivity contribution is 5.97. The van der Waals surface area contributed by atoms with Gasteiger partial charge in [0.05, 0.1) is 6.42 Å². The Labute approximate surface area is 254 Å². The van der Waals surface area contributed by atoms with Gasteiger partial charge in [0.1, 0.15) is 17.4 Å². The predicted octanol–water partition coefficient (Wildman–Crippen LogP) is 2.07. The van der Waals surface area contributed by atoms with Gasteiger partial charge in [0.25, 0.3) is 5.91 Å². The van der Waals surface area contributed by atoms with E-state index in [0.717, 1.165) is 10.9 Å². The summed E-state index contributed by atoms with van der Waals surface area (Å²) in [4.78, 5) is 58.3. The summed E-state index contributed by atoms with van der Waals surface area (Å²) in [6.07, 6.45) is 2.48. The van der Waals surface area contributed by atoms with Crippen LogP contribution < -0.4 is 21.3 Å². The number of hydrogen-bond acceptors (Lipinski definition) is 8. The molecule has 12 heteroatoms. The normalized spacial score (nSPS) is 17.3. The number of amides is 4. The minimum atomic E-state index is -0.877. The smallest absolute Gasteiger partial charge is 0.270 e. The number of benzene rings is 2. The molecule has 228 valence electrons. The monoisotopic (exact) mass is 597 g/mol. The third-order valence-corrected chi connectivity index (χ3v) is 7.31. The Hall–Kier alpha value is -5.26. The van der Waals surface area contributed by atoms with Crippen LogP contribution >= 0.6 is 0 Å². The Bertz CT molecular complexity index is 1610. The Balaban J connectivity index is 1.32. The second kappa shape index (κ2) is 14.8. The van der Waals surface area contributed by atoms with Gasteiger partial charge < -0.3 is 30.7 Å². The maximum absolute atomic E-state index is 13.4. The van der Waals surface area contributed by atoms with E-state index < -0.39 is 11.9 Å². The summed E-state index contributed by atoms with van der Waals surface area (Å²) in [5, 5.41) is 16.6. The molecule has 3 heterocycles. The van der Waals surface area contributed by atoms with Crippen LogP contribution in [0.25, 0.3) is 11.0 Å². The minimum Gasteiger partial charge on any atom is -0.383 e. The molecule has 12 nitrogen and oxygen atoms in total. The molecule has 5 rings (SSSR count). The van der Waals surface area contributed by atoms with Crippen molar-refractivity contribution in [3.05, 3.63) is 89.9 Å². The van der Waals surface area contributed by atoms with Gasteiger partial charge in [0.15, 0.2) is 5.58 Å². The Morgan fingerprint density at radius 2 is 1.70 bits per heavy atom. The highest BCUT2D eigenvalue weighted by Gasteiger charge is 2.24. The van der Waals surface area contributed by atoms with Crippen LogP contribution in [-0.4, -0.2) is 77.4 Å². The second-order valence-electron chi connectivity index (χ2n) is 10.5. The average molecular weight is 598 g/mol. The first-order chi connectivity index (χ1) is 21.5. The quantitative estimate of drug-likeness (QED) is 0.278. The first-order valence-corrected chi connectivity index (χ1v) is 14.7. The van der Waals surface area contributed by atoms with Gasteiger partial charge >= 0.3 is 0 Å². The maximum Gasteiger partial charge on any atom is 0.270 e. The number of pyridine rings is 1. The van der Waals surface area contributed by atoms with Gasteiger partial charge in [0, 0.05) is 62.8 Å². The highest BCUT2D eigenvalue weighted by atomic mass is 16.5. The zero-order valence-electron chi connectivity index (χ0n) is 24.3. The SMILES string of the molecule is O=C1CCCN(C(=O)Cc2noc3ccccc23)CCNC(=O)[C@H](Cc2ccccc2)NC(=O)c2cc(ccn2)NCCN1. The van der Waals surface area contributed by atoms with Gasteiger partial charge in [-0.05, 0) is 36.2 Å². The number of carbonyl (C=O) groups is 4. The molecule has 1 atom stereocenters. The lowest BCUT2D eigenvalue weighted by Gasteiger charge is -2.24. The lowest BCUT2D eigenvalue weighted by molar-refractivity contribution is -0.131. The van der Waals surface area contributed by atoms with Crippen molar-refractivity contribution in [2.24, 2.45) is 0 Å². The zero-order valence-corrected chi connectivity index (χ0v) is 24.3. The second-order valence-corrected chi connectivity index (χ2v) is 10.5. The molecule has 0 unspecified atom stereocenters. The number of nitrogens with zero attached hydrogens (tertiary/aromatic N) is 3. The molecule has 1 aliphatic heterocycles. The van der Waals surface area contributed by atoms with E-state index in [-0.39, 0.29) is 55.8 Å². The molecule has 0 saturated carbocycles. The van der Waals surface area contributed by atoms with E-state index in [1.165, 1.54) is 6.20 Å². The lowest BCUT2D eigenvalue weighted by Crippen LogP contribution is -2.50. The van der Waals surface area contributed by atoms with Crippen LogP contribution in [0.15, 0.2) is 77.4 Å². The molecule has 4 amide bonds. The van der Waals surface area contributed by atoms with Crippen LogP contribution in [0.1, 0.15) is 34.6 Å². The summed E-state index contributed by atoms with van der Waals surface area (Å²) in [5.74, 6) is -1.21. The summed E-state index contributed by atoms with van der Waals surface area (Å²) in [5.41, 5.74) is 2.81. The van der Waals surface area contributed by atoms with Gasteiger partial charge in [-0.1, -0.05) is 47.6 Å². The molecule has 2 bridgehead atoms. The van der Waals surface area contributed by atoms with Crippen LogP contribution in [0.3, 0.4) is 0 Å². The topological polar surface area (TPSA) is 159 Å². The Kier molecular flexibility index (Phi) is 10.1. The van der Waals surface area contributed by atoms with Gasteiger partial charge in [-0.2, -0.15) is 0 Å². The van der Waals surface area contributed by atoms with Crippen LogP contribution in [0, 0.1) is 0 Å². The van der Waals surface area contributed by atoms with Crippen molar-refractivity contribution in [2.75, 3.05) is 38.0 Å². The maximum atomic E-state index is 13.4. The number of rotatable bonds is 4. The Morgan fingerprint density at radius 1 is 0.909 bits per heavy atom. The van der Waals surface area contributed by atoms with Crippen LogP contribution in [0.4, 0.5) is 5.69 Å². The number of aromatic nitrogens is 2. The van der Waals surface area contributed by atoms with Crippen LogP contribution in [-0.2, 0) is 27.2 Å². The minimum absolute atomic E-state index is 0.0149. The van der Waals surface area contributed by atoms with Crippen LogP contribution in [0.5, 0.6) is 0 Å². The molecule has 4 aromatic rings. The van der Waals surface area contributed by atoms with Gasteiger partial charge in [-0.3, -0.25) is 24.2 Å². The molecule has 0 aliphatic carbocycles. The average Bonchev–Trinajstić information content (AvgIpc) is 3.44. The lowest BCUT2D eigenvalue weighted by atomic mass is 10.0. The van der Waals surface area contributed by atoms with Crippen molar-refractivity contribution < 1.29 is 23.7 Å². The summed E-state index contributed by atoms with van der Waals surface area (Å²) < 4.78 is 5.36. The molecule has 1 aliphatic rings. The first-order valence-electron chi connectivity index (χ1n) is 14.7. The van der Waals surface area contributed by atoms with E-state index in [1.807, 2.05) is 48.5 Å². The van der Waals surface area contributed by atoms with Crippen molar-refractivity contribution in [1.82, 2.24) is 31.0 Å². The van der Waals surface area contributed by atoms with E-state index in [1.54, 1.807) is 23.1 Å². The largest absolute Gasteiger partial charge is 0.383 e. The third-order valence-electron chi connectivity index (χ3n) is 7.31. The molecular weight excluding hydrogens is 562 g/mol. The summed E-state index contributed by atoms with van der Waals surface area (Å²) in [6.45, 7) is 1.49. The summed E-state index contributed by atoms with van der Waals surface area (Å²) in [7, 11) is 0. The molecule has 0 saturated heterocycles. The molecule has 4 N–H and O–H groups in total.